The van der Waals surface area contributed by atoms with E-state index in [2.05, 4.69) is 16.8 Å². The lowest BCUT2D eigenvalue weighted by molar-refractivity contribution is -0.125. The molecular formula is C18H15Cl2N3O2S. The van der Waals surface area contributed by atoms with Gasteiger partial charge >= 0.3 is 0 Å². The lowest BCUT2D eigenvalue weighted by Gasteiger charge is -2.13. The van der Waals surface area contributed by atoms with Crippen LogP contribution in [0.3, 0.4) is 0 Å². The Morgan fingerprint density at radius 2 is 2.19 bits per heavy atom. The standard InChI is InChI=1S/C18H15Cl2N3O2S/c1-2-7-23-17(24)16(10-12-9-13(19)5-6-15(12)20)26-18(23)22-21-11-14-4-3-8-25-14/h2-6,8-9,11,16H,1,7,10H2/b21-11+,22-18-. The maximum Gasteiger partial charge on any atom is 0.242 e. The van der Waals surface area contributed by atoms with Crippen LogP contribution in [0.15, 0.2) is 63.9 Å². The van der Waals surface area contributed by atoms with Crippen LogP contribution in [-0.2, 0) is 11.2 Å². The summed E-state index contributed by atoms with van der Waals surface area (Å²) >= 11 is 13.6. The first-order chi connectivity index (χ1) is 12.6. The molecule has 1 aliphatic rings. The number of carbonyl (C=O) groups is 1. The quantitative estimate of drug-likeness (QED) is 0.397. The van der Waals surface area contributed by atoms with E-state index in [0.29, 0.717) is 33.9 Å². The first-order valence-corrected chi connectivity index (χ1v) is 9.39. The highest BCUT2D eigenvalue weighted by Crippen LogP contribution is 2.32. The van der Waals surface area contributed by atoms with Gasteiger partial charge in [0.2, 0.25) is 5.91 Å². The van der Waals surface area contributed by atoms with Crippen LogP contribution in [0, 0.1) is 0 Å². The summed E-state index contributed by atoms with van der Waals surface area (Å²) in [6, 6.07) is 8.75. The van der Waals surface area contributed by atoms with Crippen molar-refractivity contribution in [2.75, 3.05) is 6.54 Å². The van der Waals surface area contributed by atoms with Gasteiger partial charge in [-0.2, -0.15) is 5.10 Å². The van der Waals surface area contributed by atoms with Crippen molar-refractivity contribution in [1.82, 2.24) is 4.90 Å². The molecule has 0 saturated carbocycles. The van der Waals surface area contributed by atoms with E-state index in [0.717, 1.165) is 5.56 Å². The Balaban J connectivity index is 1.79. The first kappa shape index (κ1) is 18.8. The summed E-state index contributed by atoms with van der Waals surface area (Å²) < 4.78 is 5.17. The molecule has 8 heteroatoms. The van der Waals surface area contributed by atoms with Crippen molar-refractivity contribution in [3.05, 3.63) is 70.6 Å². The number of halogens is 2. The Hall–Kier alpha value is -2.02. The Bertz CT molecular complexity index is 865. The van der Waals surface area contributed by atoms with Crippen molar-refractivity contribution in [2.24, 2.45) is 10.2 Å². The molecule has 1 unspecified atom stereocenters. The number of amidine groups is 1. The molecule has 0 bridgehead atoms. The predicted octanol–water partition coefficient (Wildman–Crippen LogP) is 4.65. The number of thioether (sulfide) groups is 1. The molecule has 26 heavy (non-hydrogen) atoms. The number of carbonyl (C=O) groups excluding carboxylic acids is 1. The van der Waals surface area contributed by atoms with E-state index in [4.69, 9.17) is 27.6 Å². The molecule has 1 aliphatic heterocycles. The summed E-state index contributed by atoms with van der Waals surface area (Å²) in [7, 11) is 0. The molecule has 3 rings (SSSR count). The molecule has 1 saturated heterocycles. The van der Waals surface area contributed by atoms with E-state index in [1.807, 2.05) is 0 Å². The normalized spacial score (nSPS) is 19.0. The molecule has 0 aliphatic carbocycles. The van der Waals surface area contributed by atoms with E-state index < -0.39 is 0 Å². The molecule has 1 aromatic carbocycles. The van der Waals surface area contributed by atoms with E-state index in [-0.39, 0.29) is 11.2 Å². The number of hydrogen-bond acceptors (Lipinski definition) is 5. The van der Waals surface area contributed by atoms with Crippen molar-refractivity contribution in [3.8, 4) is 0 Å². The maximum atomic E-state index is 12.7. The zero-order valence-corrected chi connectivity index (χ0v) is 16.0. The fourth-order valence-electron chi connectivity index (χ4n) is 2.41. The van der Waals surface area contributed by atoms with Crippen LogP contribution in [0.5, 0.6) is 0 Å². The van der Waals surface area contributed by atoms with Crippen LogP contribution in [0.1, 0.15) is 11.3 Å². The number of rotatable bonds is 6. The Labute approximate surface area is 165 Å². The predicted molar refractivity (Wildman–Crippen MR) is 107 cm³/mol. The smallest absolute Gasteiger partial charge is 0.242 e. The van der Waals surface area contributed by atoms with Crippen molar-refractivity contribution < 1.29 is 9.21 Å². The number of hydrogen-bond donors (Lipinski definition) is 0. The van der Waals surface area contributed by atoms with Crippen molar-refractivity contribution >= 4 is 52.3 Å². The lowest BCUT2D eigenvalue weighted by atomic mass is 10.1. The zero-order valence-electron chi connectivity index (χ0n) is 13.6. The highest BCUT2D eigenvalue weighted by Gasteiger charge is 2.37. The van der Waals surface area contributed by atoms with Gasteiger partial charge in [-0.05, 0) is 42.3 Å². The summed E-state index contributed by atoms with van der Waals surface area (Å²) in [5.41, 5.74) is 0.823. The van der Waals surface area contributed by atoms with Gasteiger partial charge in [0, 0.05) is 16.6 Å². The van der Waals surface area contributed by atoms with Crippen LogP contribution in [0.25, 0.3) is 0 Å². The summed E-state index contributed by atoms with van der Waals surface area (Å²) in [6.07, 6.45) is 5.15. The van der Waals surface area contributed by atoms with Crippen molar-refractivity contribution in [2.45, 2.75) is 11.7 Å². The fourth-order valence-corrected chi connectivity index (χ4v) is 3.93. The minimum absolute atomic E-state index is 0.0575. The van der Waals surface area contributed by atoms with E-state index in [1.165, 1.54) is 18.0 Å². The Morgan fingerprint density at radius 3 is 2.92 bits per heavy atom. The molecule has 5 nitrogen and oxygen atoms in total. The highest BCUT2D eigenvalue weighted by atomic mass is 35.5. The molecule has 1 atom stereocenters. The molecule has 1 amide bonds. The molecule has 2 heterocycles. The number of nitrogens with zero attached hydrogens (tertiary/aromatic N) is 3. The summed E-state index contributed by atoms with van der Waals surface area (Å²) in [4.78, 5) is 14.3. The number of amides is 1. The van der Waals surface area contributed by atoms with Gasteiger partial charge < -0.3 is 4.42 Å². The third-order valence-electron chi connectivity index (χ3n) is 3.62. The van der Waals surface area contributed by atoms with Crippen molar-refractivity contribution in [1.29, 1.82) is 0 Å². The van der Waals surface area contributed by atoms with Gasteiger partial charge in [-0.1, -0.05) is 41.0 Å². The van der Waals surface area contributed by atoms with Crippen LogP contribution >= 0.6 is 35.0 Å². The van der Waals surface area contributed by atoms with Gasteiger partial charge in [0.05, 0.1) is 17.7 Å². The summed E-state index contributed by atoms with van der Waals surface area (Å²) in [5, 5.41) is 9.51. The van der Waals surface area contributed by atoms with E-state index >= 15 is 0 Å². The van der Waals surface area contributed by atoms with Gasteiger partial charge in [-0.3, -0.25) is 9.69 Å². The fraction of sp³-hybridized carbons (Fsp3) is 0.167. The molecule has 1 aromatic heterocycles. The second kappa shape index (κ2) is 8.58. The minimum atomic E-state index is -0.344. The maximum absolute atomic E-state index is 12.7. The van der Waals surface area contributed by atoms with Gasteiger partial charge in [0.1, 0.15) is 5.76 Å². The Kier molecular flexibility index (Phi) is 6.19. The molecule has 2 aromatic rings. The number of furan rings is 1. The largest absolute Gasteiger partial charge is 0.463 e. The second-order valence-electron chi connectivity index (χ2n) is 5.43. The molecular weight excluding hydrogens is 393 g/mol. The Morgan fingerprint density at radius 1 is 1.35 bits per heavy atom. The zero-order chi connectivity index (χ0) is 18.5. The molecule has 134 valence electrons. The molecule has 0 spiro atoms. The molecule has 0 radical (unpaired) electrons. The van der Waals surface area contributed by atoms with E-state index in [9.17, 15) is 4.79 Å². The van der Waals surface area contributed by atoms with Crippen LogP contribution in [-0.4, -0.2) is 34.0 Å². The van der Waals surface area contributed by atoms with Crippen molar-refractivity contribution in [3.63, 3.8) is 0 Å². The average Bonchev–Trinajstić information content (AvgIpc) is 3.23. The van der Waals surface area contributed by atoms with Gasteiger partial charge in [0.15, 0.2) is 5.17 Å². The van der Waals surface area contributed by atoms with Crippen LogP contribution in [0.4, 0.5) is 0 Å². The SMILES string of the molecule is C=CCN1C(=O)C(Cc2cc(Cl)ccc2Cl)S/C1=N\N=C\c1ccco1. The first-order valence-electron chi connectivity index (χ1n) is 7.76. The third kappa shape index (κ3) is 4.38. The van der Waals surface area contributed by atoms with Crippen LogP contribution in [0.2, 0.25) is 10.0 Å². The molecule has 1 fully saturated rings. The third-order valence-corrected chi connectivity index (χ3v) is 5.39. The van der Waals surface area contributed by atoms with Crippen LogP contribution < -0.4 is 0 Å². The monoisotopic (exact) mass is 407 g/mol. The minimum Gasteiger partial charge on any atom is -0.463 e. The summed E-state index contributed by atoms with van der Waals surface area (Å²) in [6.45, 7) is 4.06. The molecule has 0 N–H and O–H groups in total. The van der Waals surface area contributed by atoms with Gasteiger partial charge in [0.25, 0.3) is 0 Å². The summed E-state index contributed by atoms with van der Waals surface area (Å²) in [5.74, 6) is 0.527. The second-order valence-corrected chi connectivity index (χ2v) is 7.44. The van der Waals surface area contributed by atoms with Gasteiger partial charge in [-0.15, -0.1) is 11.7 Å². The average molecular weight is 408 g/mol. The van der Waals surface area contributed by atoms with Gasteiger partial charge in [-0.25, -0.2) is 0 Å². The lowest BCUT2D eigenvalue weighted by Crippen LogP contribution is -2.32. The highest BCUT2D eigenvalue weighted by molar-refractivity contribution is 8.15. The topological polar surface area (TPSA) is 58.2 Å². The van der Waals surface area contributed by atoms with E-state index in [1.54, 1.807) is 47.6 Å². The number of benzene rings is 1.